The summed E-state index contributed by atoms with van der Waals surface area (Å²) in [4.78, 5) is 19.5. The smallest absolute Gasteiger partial charge is 0.293 e. The van der Waals surface area contributed by atoms with Crippen LogP contribution in [0, 0.1) is 6.92 Å². The van der Waals surface area contributed by atoms with E-state index in [-0.39, 0.29) is 12.4 Å². The Morgan fingerprint density at radius 2 is 2.31 bits per heavy atom. The quantitative estimate of drug-likeness (QED) is 0.701. The van der Waals surface area contributed by atoms with Gasteiger partial charge in [-0.15, -0.1) is 10.2 Å². The summed E-state index contributed by atoms with van der Waals surface area (Å²) >= 11 is 0. The minimum atomic E-state index is -0.406. The monoisotopic (exact) mass is 219 g/mol. The Morgan fingerprint density at radius 3 is 2.94 bits per heavy atom. The molecule has 2 N–H and O–H groups in total. The molecule has 1 amide bonds. The normalized spacial score (nSPS) is 10.1. The summed E-state index contributed by atoms with van der Waals surface area (Å²) in [6, 6.07) is 0. The molecule has 2 aromatic heterocycles. The van der Waals surface area contributed by atoms with Crippen molar-refractivity contribution in [3.8, 4) is 0 Å². The van der Waals surface area contributed by atoms with Gasteiger partial charge < -0.3 is 5.32 Å². The highest BCUT2D eigenvalue weighted by Crippen LogP contribution is 1.94. The second-order valence-electron chi connectivity index (χ2n) is 3.07. The first-order chi connectivity index (χ1) is 7.75. The molecular weight excluding hydrogens is 210 g/mol. The lowest BCUT2D eigenvalue weighted by Crippen LogP contribution is -2.24. The van der Waals surface area contributed by atoms with E-state index in [1.54, 1.807) is 12.4 Å². The van der Waals surface area contributed by atoms with E-state index >= 15 is 0 Å². The van der Waals surface area contributed by atoms with E-state index in [1.807, 2.05) is 6.92 Å². The number of aromatic nitrogens is 6. The first-order valence-electron chi connectivity index (χ1n) is 4.55. The summed E-state index contributed by atoms with van der Waals surface area (Å²) < 4.78 is 0. The second-order valence-corrected chi connectivity index (χ2v) is 3.07. The molecule has 82 valence electrons. The van der Waals surface area contributed by atoms with Crippen molar-refractivity contribution in [2.75, 3.05) is 0 Å². The van der Waals surface area contributed by atoms with Gasteiger partial charge in [-0.05, 0) is 12.1 Å². The van der Waals surface area contributed by atoms with Gasteiger partial charge in [-0.25, -0.2) is 0 Å². The molecule has 0 atom stereocenters. The van der Waals surface area contributed by atoms with E-state index in [1.165, 1.54) is 0 Å². The Labute approximate surface area is 90.5 Å². The molecule has 2 aromatic rings. The van der Waals surface area contributed by atoms with E-state index < -0.39 is 5.91 Å². The lowest BCUT2D eigenvalue weighted by Gasteiger charge is -2.01. The third kappa shape index (κ3) is 2.35. The van der Waals surface area contributed by atoms with Crippen molar-refractivity contribution in [2.45, 2.75) is 13.5 Å². The average molecular weight is 219 g/mol. The number of carbonyl (C=O) groups excluding carboxylic acids is 1. The molecule has 16 heavy (non-hydrogen) atoms. The predicted molar refractivity (Wildman–Crippen MR) is 52.1 cm³/mol. The molecule has 8 nitrogen and oxygen atoms in total. The van der Waals surface area contributed by atoms with Crippen LogP contribution in [0.4, 0.5) is 0 Å². The SMILES string of the molecule is Cc1cnc(CNC(=O)c2nn[nH]n2)cn1. The highest BCUT2D eigenvalue weighted by molar-refractivity contribution is 5.89. The number of nitrogens with one attached hydrogen (secondary N) is 2. The molecule has 0 spiro atoms. The van der Waals surface area contributed by atoms with Gasteiger partial charge in [0.05, 0.1) is 24.1 Å². The molecule has 0 saturated carbocycles. The van der Waals surface area contributed by atoms with Crippen molar-refractivity contribution in [2.24, 2.45) is 0 Å². The van der Waals surface area contributed by atoms with Crippen molar-refractivity contribution < 1.29 is 4.79 Å². The predicted octanol–water partition coefficient (Wildman–Crippen LogP) is -0.772. The highest BCUT2D eigenvalue weighted by atomic mass is 16.2. The van der Waals surface area contributed by atoms with E-state index in [0.29, 0.717) is 5.69 Å². The van der Waals surface area contributed by atoms with Crippen LogP contribution in [0.2, 0.25) is 0 Å². The van der Waals surface area contributed by atoms with Gasteiger partial charge in [-0.1, -0.05) is 0 Å². The zero-order valence-electron chi connectivity index (χ0n) is 8.51. The third-order valence-corrected chi connectivity index (χ3v) is 1.81. The zero-order valence-corrected chi connectivity index (χ0v) is 8.51. The Bertz CT molecular complexity index is 464. The Hall–Kier alpha value is -2.38. The number of aryl methyl sites for hydroxylation is 1. The van der Waals surface area contributed by atoms with E-state index in [4.69, 9.17) is 0 Å². The maximum absolute atomic E-state index is 11.4. The van der Waals surface area contributed by atoms with Crippen LogP contribution < -0.4 is 5.32 Å². The zero-order chi connectivity index (χ0) is 11.4. The molecule has 0 fully saturated rings. The Balaban J connectivity index is 1.93. The van der Waals surface area contributed by atoms with Crippen LogP contribution in [-0.2, 0) is 6.54 Å². The highest BCUT2D eigenvalue weighted by Gasteiger charge is 2.09. The fourth-order valence-corrected chi connectivity index (χ4v) is 1.02. The standard InChI is InChI=1S/C8H9N7O/c1-5-2-10-6(3-9-5)4-11-8(16)7-12-14-15-13-7/h2-3H,4H2,1H3,(H,11,16)(H,12,13,14,15). The summed E-state index contributed by atoms with van der Waals surface area (Å²) in [6.45, 7) is 2.12. The summed E-state index contributed by atoms with van der Waals surface area (Å²) in [5.74, 6) is -0.406. The van der Waals surface area contributed by atoms with Crippen LogP contribution in [0.1, 0.15) is 22.0 Å². The number of amides is 1. The van der Waals surface area contributed by atoms with Crippen molar-refractivity contribution in [1.29, 1.82) is 0 Å². The van der Waals surface area contributed by atoms with Gasteiger partial charge in [0, 0.05) is 6.20 Å². The number of carbonyl (C=O) groups is 1. The number of aromatic amines is 1. The molecule has 0 unspecified atom stereocenters. The largest absolute Gasteiger partial charge is 0.343 e. The number of H-pyrrole nitrogens is 1. The van der Waals surface area contributed by atoms with Crippen LogP contribution in [-0.4, -0.2) is 36.5 Å². The van der Waals surface area contributed by atoms with Gasteiger partial charge in [0.15, 0.2) is 0 Å². The van der Waals surface area contributed by atoms with Crippen LogP contribution in [0.25, 0.3) is 0 Å². The summed E-state index contributed by atoms with van der Waals surface area (Å²) in [5.41, 5.74) is 1.50. The van der Waals surface area contributed by atoms with Gasteiger partial charge in [0.1, 0.15) is 0 Å². The van der Waals surface area contributed by atoms with E-state index in [9.17, 15) is 4.79 Å². The first-order valence-corrected chi connectivity index (χ1v) is 4.55. The summed E-state index contributed by atoms with van der Waals surface area (Å²) in [6.07, 6.45) is 3.24. The molecule has 0 aromatic carbocycles. The van der Waals surface area contributed by atoms with Gasteiger partial charge in [-0.2, -0.15) is 5.21 Å². The fourth-order valence-electron chi connectivity index (χ4n) is 1.02. The molecule has 0 aliphatic heterocycles. The summed E-state index contributed by atoms with van der Waals surface area (Å²) in [7, 11) is 0. The molecule has 0 saturated heterocycles. The van der Waals surface area contributed by atoms with Crippen molar-refractivity contribution in [3.05, 3.63) is 29.6 Å². The topological polar surface area (TPSA) is 109 Å². The lowest BCUT2D eigenvalue weighted by atomic mass is 10.4. The molecule has 2 rings (SSSR count). The van der Waals surface area contributed by atoms with Crippen molar-refractivity contribution in [1.82, 2.24) is 35.9 Å². The average Bonchev–Trinajstić information content (AvgIpc) is 2.81. The maximum Gasteiger partial charge on any atom is 0.293 e. The third-order valence-electron chi connectivity index (χ3n) is 1.81. The van der Waals surface area contributed by atoms with Gasteiger partial charge >= 0.3 is 0 Å². The van der Waals surface area contributed by atoms with E-state index in [0.717, 1.165) is 5.69 Å². The van der Waals surface area contributed by atoms with E-state index in [2.05, 4.69) is 35.9 Å². The molecule has 2 heterocycles. The molecule has 0 bridgehead atoms. The van der Waals surface area contributed by atoms with Crippen LogP contribution in [0.15, 0.2) is 12.4 Å². The van der Waals surface area contributed by atoms with Crippen molar-refractivity contribution in [3.63, 3.8) is 0 Å². The first kappa shape index (κ1) is 10.1. The Morgan fingerprint density at radius 1 is 1.44 bits per heavy atom. The fraction of sp³-hybridized carbons (Fsp3) is 0.250. The minimum absolute atomic E-state index is 0.0000656. The van der Waals surface area contributed by atoms with Crippen LogP contribution in [0.3, 0.4) is 0 Å². The van der Waals surface area contributed by atoms with Gasteiger partial charge in [0.2, 0.25) is 0 Å². The maximum atomic E-state index is 11.4. The number of hydrogen-bond donors (Lipinski definition) is 2. The molecular formula is C8H9N7O. The van der Waals surface area contributed by atoms with Crippen LogP contribution >= 0.6 is 0 Å². The summed E-state index contributed by atoms with van der Waals surface area (Å²) in [5, 5.41) is 15.2. The molecule has 8 heteroatoms. The minimum Gasteiger partial charge on any atom is -0.343 e. The lowest BCUT2D eigenvalue weighted by molar-refractivity contribution is 0.0940. The molecule has 0 radical (unpaired) electrons. The molecule has 0 aliphatic rings. The van der Waals surface area contributed by atoms with Crippen LogP contribution in [0.5, 0.6) is 0 Å². The Kier molecular flexibility index (Phi) is 2.81. The second kappa shape index (κ2) is 4.43. The number of tetrazole rings is 1. The van der Waals surface area contributed by atoms with Crippen molar-refractivity contribution >= 4 is 5.91 Å². The number of rotatable bonds is 3. The number of nitrogens with zero attached hydrogens (tertiary/aromatic N) is 5. The van der Waals surface area contributed by atoms with Gasteiger partial charge in [0.25, 0.3) is 11.7 Å². The van der Waals surface area contributed by atoms with Gasteiger partial charge in [-0.3, -0.25) is 14.8 Å². The number of hydrogen-bond acceptors (Lipinski definition) is 6. The molecule has 0 aliphatic carbocycles.